The molecule has 0 spiro atoms. The summed E-state index contributed by atoms with van der Waals surface area (Å²) in [4.78, 5) is 8.23. The molecule has 0 aliphatic rings. The van der Waals surface area contributed by atoms with E-state index in [1.54, 1.807) is 0 Å². The number of allylic oxidation sites excluding steroid dienone is 1. The van der Waals surface area contributed by atoms with Crippen LogP contribution in [0.3, 0.4) is 0 Å². The Balaban J connectivity index is 1.76. The molecule has 0 saturated heterocycles. The molecule has 122 valence electrons. The number of benzene rings is 1. The van der Waals surface area contributed by atoms with Gasteiger partial charge in [0.1, 0.15) is 0 Å². The second-order valence-corrected chi connectivity index (χ2v) is 5.85. The van der Waals surface area contributed by atoms with Crippen molar-refractivity contribution >= 4 is 6.08 Å². The van der Waals surface area contributed by atoms with Crippen molar-refractivity contribution in [3.63, 3.8) is 0 Å². The maximum atomic E-state index is 9.21. The number of nitrogens with zero attached hydrogens (tertiary/aromatic N) is 2. The number of aromatic hydroxyl groups is 1. The van der Waals surface area contributed by atoms with E-state index in [0.717, 1.165) is 12.0 Å². The van der Waals surface area contributed by atoms with E-state index >= 15 is 0 Å². The lowest BCUT2D eigenvalue weighted by atomic mass is 10.1. The molecule has 1 N–H and O–H groups in total. The zero-order chi connectivity index (χ0) is 16.3. The van der Waals surface area contributed by atoms with Crippen LogP contribution in [0.1, 0.15) is 57.4 Å². The molecule has 3 heteroatoms. The first-order chi connectivity index (χ1) is 11.3. The van der Waals surface area contributed by atoms with Crippen molar-refractivity contribution in [2.75, 3.05) is 0 Å². The average Bonchev–Trinajstić information content (AvgIpc) is 2.59. The molecule has 2 aromatic rings. The third-order valence-electron chi connectivity index (χ3n) is 3.84. The highest BCUT2D eigenvalue weighted by Crippen LogP contribution is 2.17. The minimum absolute atomic E-state index is 0.0861. The van der Waals surface area contributed by atoms with Crippen molar-refractivity contribution in [3.05, 3.63) is 48.3 Å². The van der Waals surface area contributed by atoms with Crippen LogP contribution in [0.15, 0.2) is 42.7 Å². The van der Waals surface area contributed by atoms with Gasteiger partial charge in [0.2, 0.25) is 0 Å². The van der Waals surface area contributed by atoms with E-state index in [9.17, 15) is 5.11 Å². The summed E-state index contributed by atoms with van der Waals surface area (Å²) < 4.78 is 0. The standard InChI is InChI=1S/C20H26N2O/c1-2-3-4-5-6-7-8-9-10-17-11-13-18(14-12-17)20-21-15-19(23)16-22-20/h9-16,23H,2-8H2,1H3. The topological polar surface area (TPSA) is 46.0 Å². The number of aromatic nitrogens is 2. The van der Waals surface area contributed by atoms with Gasteiger partial charge in [0, 0.05) is 5.56 Å². The van der Waals surface area contributed by atoms with Gasteiger partial charge in [0.05, 0.1) is 12.4 Å². The van der Waals surface area contributed by atoms with Gasteiger partial charge in [-0.1, -0.05) is 75.4 Å². The molecule has 1 heterocycles. The Bertz CT molecular complexity index is 588. The summed E-state index contributed by atoms with van der Waals surface area (Å²) in [6.07, 6.45) is 16.4. The molecular formula is C20H26N2O. The van der Waals surface area contributed by atoms with Crippen LogP contribution in [-0.2, 0) is 0 Å². The van der Waals surface area contributed by atoms with Crippen molar-refractivity contribution in [1.82, 2.24) is 9.97 Å². The first-order valence-corrected chi connectivity index (χ1v) is 8.57. The molecule has 0 aliphatic carbocycles. The van der Waals surface area contributed by atoms with E-state index in [1.165, 1.54) is 56.5 Å². The Hall–Kier alpha value is -2.16. The highest BCUT2D eigenvalue weighted by Gasteiger charge is 2.00. The summed E-state index contributed by atoms with van der Waals surface area (Å²) in [5, 5.41) is 9.21. The van der Waals surface area contributed by atoms with E-state index in [4.69, 9.17) is 0 Å². The van der Waals surface area contributed by atoms with Crippen LogP contribution in [-0.4, -0.2) is 15.1 Å². The molecule has 0 atom stereocenters. The molecule has 1 aromatic heterocycles. The van der Waals surface area contributed by atoms with Gasteiger partial charge in [0.15, 0.2) is 11.6 Å². The van der Waals surface area contributed by atoms with E-state index in [1.807, 2.05) is 12.1 Å². The first kappa shape index (κ1) is 17.2. The lowest BCUT2D eigenvalue weighted by Gasteiger charge is -2.01. The van der Waals surface area contributed by atoms with Gasteiger partial charge in [-0.3, -0.25) is 0 Å². The summed E-state index contributed by atoms with van der Waals surface area (Å²) >= 11 is 0. The van der Waals surface area contributed by atoms with Gasteiger partial charge in [-0.05, 0) is 18.4 Å². The van der Waals surface area contributed by atoms with Crippen LogP contribution in [0.5, 0.6) is 5.75 Å². The van der Waals surface area contributed by atoms with Crippen LogP contribution < -0.4 is 0 Å². The predicted molar refractivity (Wildman–Crippen MR) is 96.2 cm³/mol. The lowest BCUT2D eigenvalue weighted by Crippen LogP contribution is -1.87. The molecule has 1 aromatic carbocycles. The van der Waals surface area contributed by atoms with Gasteiger partial charge in [-0.25, -0.2) is 9.97 Å². The normalized spacial score (nSPS) is 11.2. The fourth-order valence-corrected chi connectivity index (χ4v) is 2.48. The summed E-state index contributed by atoms with van der Waals surface area (Å²) in [7, 11) is 0. The number of hydrogen-bond acceptors (Lipinski definition) is 3. The van der Waals surface area contributed by atoms with Crippen LogP contribution in [0.2, 0.25) is 0 Å². The van der Waals surface area contributed by atoms with Gasteiger partial charge in [-0.15, -0.1) is 0 Å². The van der Waals surface area contributed by atoms with Crippen molar-refractivity contribution in [3.8, 4) is 17.1 Å². The van der Waals surface area contributed by atoms with Crippen molar-refractivity contribution in [1.29, 1.82) is 0 Å². The SMILES string of the molecule is CCCCCCCCC=Cc1ccc(-c2ncc(O)cn2)cc1. The average molecular weight is 310 g/mol. The van der Waals surface area contributed by atoms with Crippen molar-refractivity contribution < 1.29 is 5.11 Å². The molecule has 0 bridgehead atoms. The Labute approximate surface area is 139 Å². The summed E-state index contributed by atoms with van der Waals surface area (Å²) in [5.41, 5.74) is 2.15. The van der Waals surface area contributed by atoms with Crippen molar-refractivity contribution in [2.24, 2.45) is 0 Å². The summed E-state index contributed by atoms with van der Waals surface area (Å²) in [6, 6.07) is 8.17. The van der Waals surface area contributed by atoms with Crippen LogP contribution in [0.4, 0.5) is 0 Å². The highest BCUT2D eigenvalue weighted by molar-refractivity contribution is 5.59. The minimum atomic E-state index is 0.0861. The molecule has 3 nitrogen and oxygen atoms in total. The zero-order valence-electron chi connectivity index (χ0n) is 13.9. The molecule has 23 heavy (non-hydrogen) atoms. The molecular weight excluding hydrogens is 284 g/mol. The fraction of sp³-hybridized carbons (Fsp3) is 0.400. The number of unbranched alkanes of at least 4 members (excludes halogenated alkanes) is 6. The first-order valence-electron chi connectivity index (χ1n) is 8.57. The molecule has 0 fully saturated rings. The Kier molecular flexibility index (Phi) is 7.31. The van der Waals surface area contributed by atoms with E-state index < -0.39 is 0 Å². The lowest BCUT2D eigenvalue weighted by molar-refractivity contribution is 0.470. The second-order valence-electron chi connectivity index (χ2n) is 5.85. The van der Waals surface area contributed by atoms with E-state index in [-0.39, 0.29) is 5.75 Å². The third kappa shape index (κ3) is 6.23. The molecule has 0 amide bonds. The molecule has 0 aliphatic heterocycles. The van der Waals surface area contributed by atoms with Crippen LogP contribution in [0.25, 0.3) is 17.5 Å². The predicted octanol–water partition coefficient (Wildman–Crippen LogP) is 5.61. The summed E-state index contributed by atoms with van der Waals surface area (Å²) in [5.74, 6) is 0.716. The quantitative estimate of drug-likeness (QED) is 0.612. The maximum absolute atomic E-state index is 9.21. The van der Waals surface area contributed by atoms with Gasteiger partial charge >= 0.3 is 0 Å². The van der Waals surface area contributed by atoms with E-state index in [0.29, 0.717) is 5.82 Å². The Morgan fingerprint density at radius 3 is 2.26 bits per heavy atom. The van der Waals surface area contributed by atoms with Crippen molar-refractivity contribution in [2.45, 2.75) is 51.9 Å². The third-order valence-corrected chi connectivity index (χ3v) is 3.84. The molecule has 0 saturated carbocycles. The Morgan fingerprint density at radius 2 is 1.57 bits per heavy atom. The largest absolute Gasteiger partial charge is 0.505 e. The van der Waals surface area contributed by atoms with Gasteiger partial charge < -0.3 is 5.11 Å². The highest BCUT2D eigenvalue weighted by atomic mass is 16.3. The monoisotopic (exact) mass is 310 g/mol. The zero-order valence-corrected chi connectivity index (χ0v) is 13.9. The summed E-state index contributed by atoms with van der Waals surface area (Å²) in [6.45, 7) is 2.25. The van der Waals surface area contributed by atoms with Gasteiger partial charge in [0.25, 0.3) is 0 Å². The molecule has 2 rings (SSSR count). The second kappa shape index (κ2) is 9.78. The molecule has 0 radical (unpaired) electrons. The number of rotatable bonds is 9. The smallest absolute Gasteiger partial charge is 0.159 e. The van der Waals surface area contributed by atoms with Gasteiger partial charge in [-0.2, -0.15) is 0 Å². The fourth-order valence-electron chi connectivity index (χ4n) is 2.48. The van der Waals surface area contributed by atoms with Crippen LogP contribution >= 0.6 is 0 Å². The maximum Gasteiger partial charge on any atom is 0.159 e. The molecule has 0 unspecified atom stereocenters. The minimum Gasteiger partial charge on any atom is -0.505 e. The number of hydrogen-bond donors (Lipinski definition) is 1. The Morgan fingerprint density at radius 1 is 0.913 bits per heavy atom. The van der Waals surface area contributed by atoms with E-state index in [2.05, 4.69) is 41.2 Å². The van der Waals surface area contributed by atoms with Crippen LogP contribution in [0, 0.1) is 0 Å².